The van der Waals surface area contributed by atoms with Gasteiger partial charge in [0.25, 0.3) is 0 Å². The first-order valence-electron chi connectivity index (χ1n) is 16.4. The fourth-order valence-electron chi connectivity index (χ4n) is 5.22. The lowest BCUT2D eigenvalue weighted by molar-refractivity contribution is -0.133. The van der Waals surface area contributed by atoms with E-state index in [4.69, 9.17) is 5.73 Å². The molecule has 0 unspecified atom stereocenters. The van der Waals surface area contributed by atoms with Crippen LogP contribution in [0.4, 0.5) is 0 Å². The minimum absolute atomic E-state index is 0.0282. The van der Waals surface area contributed by atoms with E-state index < -0.39 is 35.8 Å². The summed E-state index contributed by atoms with van der Waals surface area (Å²) in [6.07, 6.45) is 12.1. The maximum Gasteiger partial charge on any atom is 0.243 e. The highest BCUT2D eigenvalue weighted by Gasteiger charge is 2.30. The van der Waals surface area contributed by atoms with Gasteiger partial charge >= 0.3 is 0 Å². The van der Waals surface area contributed by atoms with Gasteiger partial charge in [0, 0.05) is 37.6 Å². The summed E-state index contributed by atoms with van der Waals surface area (Å²) in [5.41, 5.74) is 7.54. The summed E-state index contributed by atoms with van der Waals surface area (Å²) in [6, 6.07) is 9.24. The van der Waals surface area contributed by atoms with Gasteiger partial charge in [-0.1, -0.05) is 76.1 Å². The number of unbranched alkanes of at least 4 members (excludes halogenated alkanes) is 7. The van der Waals surface area contributed by atoms with Crippen LogP contribution in [-0.4, -0.2) is 61.9 Å². The van der Waals surface area contributed by atoms with Gasteiger partial charge in [-0.2, -0.15) is 0 Å². The van der Waals surface area contributed by atoms with Crippen molar-refractivity contribution in [3.8, 4) is 11.5 Å². The number of aromatic amines is 1. The highest BCUT2D eigenvalue weighted by Crippen LogP contribution is 2.14. The van der Waals surface area contributed by atoms with Gasteiger partial charge in [0.05, 0.1) is 6.33 Å². The van der Waals surface area contributed by atoms with E-state index in [0.29, 0.717) is 23.2 Å². The zero-order valence-electron chi connectivity index (χ0n) is 27.0. The third-order valence-corrected chi connectivity index (χ3v) is 7.93. The molecule has 3 aromatic rings. The second-order valence-corrected chi connectivity index (χ2v) is 11.9. The number of phenolic OH excluding ortho intramolecular Hbond substituents is 2. The SMILES string of the molecule is CCCCCCCCCCC(=O)N[C@@H](Cc1ccc(O)cc1)C(=O)N[C@@H](Cc1cnc[nH]1)C(=O)N[C@@H](Cc1ccc(O)cc1)C(N)=O. The lowest BCUT2D eigenvalue weighted by atomic mass is 10.0. The van der Waals surface area contributed by atoms with Crippen LogP contribution in [-0.2, 0) is 38.4 Å². The number of amides is 4. The number of benzene rings is 2. The van der Waals surface area contributed by atoms with E-state index in [1.165, 1.54) is 62.5 Å². The Labute approximate surface area is 275 Å². The first kappa shape index (κ1) is 36.6. The van der Waals surface area contributed by atoms with E-state index in [1.54, 1.807) is 24.3 Å². The summed E-state index contributed by atoms with van der Waals surface area (Å²) in [5, 5.41) is 27.5. The topological polar surface area (TPSA) is 200 Å². The maximum absolute atomic E-state index is 13.7. The Morgan fingerprint density at radius 3 is 1.70 bits per heavy atom. The van der Waals surface area contributed by atoms with Crippen molar-refractivity contribution in [1.29, 1.82) is 0 Å². The van der Waals surface area contributed by atoms with Crippen LogP contribution < -0.4 is 21.7 Å². The van der Waals surface area contributed by atoms with Gasteiger partial charge in [0.15, 0.2) is 0 Å². The average molecular weight is 649 g/mol. The van der Waals surface area contributed by atoms with Crippen molar-refractivity contribution < 1.29 is 29.4 Å². The van der Waals surface area contributed by atoms with E-state index in [1.807, 2.05) is 0 Å². The van der Waals surface area contributed by atoms with Gasteiger partial charge in [0.2, 0.25) is 23.6 Å². The predicted molar refractivity (Wildman–Crippen MR) is 178 cm³/mol. The number of rotatable bonds is 21. The summed E-state index contributed by atoms with van der Waals surface area (Å²) >= 11 is 0. The molecular weight excluding hydrogens is 600 g/mol. The number of nitrogens with zero attached hydrogens (tertiary/aromatic N) is 1. The molecule has 12 heteroatoms. The van der Waals surface area contributed by atoms with Crippen LogP contribution in [0.25, 0.3) is 0 Å². The second-order valence-electron chi connectivity index (χ2n) is 11.9. The number of phenols is 2. The van der Waals surface area contributed by atoms with Crippen LogP contribution in [0.2, 0.25) is 0 Å². The number of hydrogen-bond acceptors (Lipinski definition) is 7. The first-order chi connectivity index (χ1) is 22.6. The number of aromatic nitrogens is 2. The Morgan fingerprint density at radius 2 is 1.19 bits per heavy atom. The summed E-state index contributed by atoms with van der Waals surface area (Å²) in [6.45, 7) is 2.18. The minimum Gasteiger partial charge on any atom is -0.508 e. The van der Waals surface area contributed by atoms with Crippen molar-refractivity contribution in [1.82, 2.24) is 25.9 Å². The molecule has 0 saturated carbocycles. The molecule has 47 heavy (non-hydrogen) atoms. The number of carbonyl (C=O) groups excluding carboxylic acids is 4. The van der Waals surface area contributed by atoms with Crippen LogP contribution in [0.5, 0.6) is 11.5 Å². The van der Waals surface area contributed by atoms with Gasteiger partial charge in [-0.25, -0.2) is 4.98 Å². The third-order valence-electron chi connectivity index (χ3n) is 7.93. The number of primary amides is 1. The molecule has 1 aromatic heterocycles. The van der Waals surface area contributed by atoms with Crippen molar-refractivity contribution in [2.45, 2.75) is 102 Å². The standard InChI is InChI=1S/C35H48N6O6/c1-2-3-4-5-6-7-8-9-10-32(44)39-30(20-25-13-17-28(43)18-14-25)34(46)41-31(21-26-22-37-23-38-26)35(47)40-29(33(36)45)19-24-11-15-27(42)16-12-24/h11-18,22-23,29-31,42-43H,2-10,19-21H2,1H3,(H2,36,45)(H,37,38)(H,39,44)(H,40,47)(H,41,46)/t29-,30-,31-/m0/s1. The summed E-state index contributed by atoms with van der Waals surface area (Å²) in [7, 11) is 0. The molecule has 4 amide bonds. The quantitative estimate of drug-likeness (QED) is 0.0859. The van der Waals surface area contributed by atoms with Crippen LogP contribution in [0.15, 0.2) is 61.1 Å². The Hall–Kier alpha value is -4.87. The fourth-order valence-corrected chi connectivity index (χ4v) is 5.22. The molecule has 0 aliphatic heterocycles. The van der Waals surface area contributed by atoms with E-state index in [0.717, 1.165) is 19.3 Å². The Bertz CT molecular complexity index is 1390. The highest BCUT2D eigenvalue weighted by molar-refractivity contribution is 5.94. The van der Waals surface area contributed by atoms with Gasteiger partial charge < -0.3 is 36.9 Å². The second kappa shape index (κ2) is 19.6. The number of nitrogens with two attached hydrogens (primary N) is 1. The molecule has 3 atom stereocenters. The van der Waals surface area contributed by atoms with Crippen molar-refractivity contribution >= 4 is 23.6 Å². The van der Waals surface area contributed by atoms with Gasteiger partial charge in [-0.15, -0.1) is 0 Å². The molecule has 254 valence electrons. The molecule has 0 spiro atoms. The molecule has 3 rings (SSSR count). The first-order valence-corrected chi connectivity index (χ1v) is 16.4. The molecule has 0 saturated heterocycles. The number of imidazole rings is 1. The highest BCUT2D eigenvalue weighted by atomic mass is 16.3. The van der Waals surface area contributed by atoms with E-state index in [9.17, 15) is 29.4 Å². The molecular formula is C35H48N6O6. The lowest BCUT2D eigenvalue weighted by Crippen LogP contribution is -2.57. The molecule has 0 fully saturated rings. The smallest absolute Gasteiger partial charge is 0.243 e. The molecule has 0 aliphatic carbocycles. The summed E-state index contributed by atoms with van der Waals surface area (Å²) in [5.74, 6) is -2.15. The summed E-state index contributed by atoms with van der Waals surface area (Å²) in [4.78, 5) is 59.5. The molecule has 0 radical (unpaired) electrons. The Kier molecular flexibility index (Phi) is 15.3. The van der Waals surface area contributed by atoms with Crippen molar-refractivity contribution in [2.75, 3.05) is 0 Å². The monoisotopic (exact) mass is 648 g/mol. The Morgan fingerprint density at radius 1 is 0.702 bits per heavy atom. The number of nitrogens with one attached hydrogen (secondary N) is 4. The largest absolute Gasteiger partial charge is 0.508 e. The van der Waals surface area contributed by atoms with Crippen molar-refractivity contribution in [2.24, 2.45) is 5.73 Å². The Balaban J connectivity index is 1.70. The lowest BCUT2D eigenvalue weighted by Gasteiger charge is -2.25. The van der Waals surface area contributed by atoms with Crippen LogP contribution >= 0.6 is 0 Å². The van der Waals surface area contributed by atoms with Crippen LogP contribution in [0.1, 0.15) is 81.5 Å². The van der Waals surface area contributed by atoms with Gasteiger partial charge in [-0.3, -0.25) is 19.2 Å². The number of H-pyrrole nitrogens is 1. The normalized spacial score (nSPS) is 12.9. The number of carbonyl (C=O) groups is 4. The zero-order valence-corrected chi connectivity index (χ0v) is 27.0. The minimum atomic E-state index is -1.14. The average Bonchev–Trinajstić information content (AvgIpc) is 3.56. The zero-order chi connectivity index (χ0) is 34.0. The van der Waals surface area contributed by atoms with Crippen LogP contribution in [0, 0.1) is 0 Å². The molecule has 12 nitrogen and oxygen atoms in total. The molecule has 8 N–H and O–H groups in total. The maximum atomic E-state index is 13.7. The van der Waals surface area contributed by atoms with Gasteiger partial charge in [0.1, 0.15) is 29.6 Å². The van der Waals surface area contributed by atoms with E-state index in [2.05, 4.69) is 32.8 Å². The van der Waals surface area contributed by atoms with Crippen molar-refractivity contribution in [3.63, 3.8) is 0 Å². The van der Waals surface area contributed by atoms with Crippen LogP contribution in [0.3, 0.4) is 0 Å². The third kappa shape index (κ3) is 13.6. The van der Waals surface area contributed by atoms with Crippen molar-refractivity contribution in [3.05, 3.63) is 77.9 Å². The predicted octanol–water partition coefficient (Wildman–Crippen LogP) is 3.32. The van der Waals surface area contributed by atoms with E-state index in [-0.39, 0.29) is 43.1 Å². The molecule has 1 heterocycles. The molecule has 2 aromatic carbocycles. The van der Waals surface area contributed by atoms with Gasteiger partial charge in [-0.05, 0) is 41.8 Å². The molecule has 0 aliphatic rings. The summed E-state index contributed by atoms with van der Waals surface area (Å²) < 4.78 is 0. The fraction of sp³-hybridized carbons (Fsp3) is 0.457. The molecule has 0 bridgehead atoms. The van der Waals surface area contributed by atoms with E-state index >= 15 is 0 Å². The number of hydrogen-bond donors (Lipinski definition) is 7. The number of aromatic hydroxyl groups is 2.